The van der Waals surface area contributed by atoms with Crippen LogP contribution in [0.25, 0.3) is 0 Å². The van der Waals surface area contributed by atoms with Crippen LogP contribution in [0.2, 0.25) is 0 Å². The molecule has 1 aliphatic rings. The van der Waals surface area contributed by atoms with Crippen LogP contribution in [0.15, 0.2) is 24.3 Å². The molecule has 0 aliphatic carbocycles. The van der Waals surface area contributed by atoms with Crippen LogP contribution < -0.4 is 15.4 Å². The molecule has 1 aromatic rings. The van der Waals surface area contributed by atoms with E-state index >= 15 is 0 Å². The Labute approximate surface area is 135 Å². The Hall–Kier alpha value is -2.57. The van der Waals surface area contributed by atoms with Gasteiger partial charge in [0, 0.05) is 44.7 Å². The molecule has 7 nitrogen and oxygen atoms in total. The number of nitrogens with zero attached hydrogens (tertiary/aromatic N) is 1. The Bertz CT molecular complexity index is 588. The molecule has 1 heterocycles. The smallest absolute Gasteiger partial charge is 0.319 e. The van der Waals surface area contributed by atoms with Crippen LogP contribution >= 0.6 is 0 Å². The minimum absolute atomic E-state index is 0.191. The number of carbonyl (C=O) groups is 3. The maximum atomic E-state index is 11.8. The molecule has 0 unspecified atom stereocenters. The standard InChI is InChI=1S/C16H21N3O4/c1-12(20)23-14-6-2-5-13(11-14)18-16(22)17-8-4-10-19-9-3-7-15(19)21/h2,5-6,11H,3-4,7-10H2,1H3,(H2,17,18,22). The van der Waals surface area contributed by atoms with E-state index in [1.165, 1.54) is 6.92 Å². The first-order valence-electron chi connectivity index (χ1n) is 7.66. The Morgan fingerprint density at radius 2 is 2.17 bits per heavy atom. The molecular formula is C16H21N3O4. The third kappa shape index (κ3) is 5.61. The lowest BCUT2D eigenvalue weighted by molar-refractivity contribution is -0.132. The summed E-state index contributed by atoms with van der Waals surface area (Å²) >= 11 is 0. The van der Waals surface area contributed by atoms with Gasteiger partial charge in [-0.25, -0.2) is 4.79 Å². The topological polar surface area (TPSA) is 87.7 Å². The Balaban J connectivity index is 1.70. The minimum Gasteiger partial charge on any atom is -0.427 e. The minimum atomic E-state index is -0.414. The van der Waals surface area contributed by atoms with Gasteiger partial charge in [-0.1, -0.05) is 6.07 Å². The first kappa shape index (κ1) is 16.8. The zero-order valence-corrected chi connectivity index (χ0v) is 13.1. The molecule has 1 fully saturated rings. The summed E-state index contributed by atoms with van der Waals surface area (Å²) in [5.74, 6) is 0.155. The van der Waals surface area contributed by atoms with Crippen LogP contribution in [-0.2, 0) is 9.59 Å². The molecule has 1 saturated heterocycles. The number of amides is 3. The lowest BCUT2D eigenvalue weighted by atomic mass is 10.3. The Morgan fingerprint density at radius 3 is 2.87 bits per heavy atom. The fraction of sp³-hybridized carbons (Fsp3) is 0.438. The third-order valence-corrected chi connectivity index (χ3v) is 3.42. The van der Waals surface area contributed by atoms with Crippen molar-refractivity contribution in [3.63, 3.8) is 0 Å². The van der Waals surface area contributed by atoms with E-state index in [2.05, 4.69) is 10.6 Å². The van der Waals surface area contributed by atoms with Gasteiger partial charge in [0.25, 0.3) is 0 Å². The Morgan fingerprint density at radius 1 is 1.35 bits per heavy atom. The van der Waals surface area contributed by atoms with E-state index < -0.39 is 5.97 Å². The van der Waals surface area contributed by atoms with Crippen LogP contribution in [0, 0.1) is 0 Å². The third-order valence-electron chi connectivity index (χ3n) is 3.42. The first-order valence-corrected chi connectivity index (χ1v) is 7.66. The van der Waals surface area contributed by atoms with Crippen LogP contribution in [0.3, 0.4) is 0 Å². The van der Waals surface area contributed by atoms with E-state index in [9.17, 15) is 14.4 Å². The largest absolute Gasteiger partial charge is 0.427 e. The van der Waals surface area contributed by atoms with E-state index in [1.54, 1.807) is 24.3 Å². The summed E-state index contributed by atoms with van der Waals surface area (Å²) in [6.45, 7) is 3.28. The summed E-state index contributed by atoms with van der Waals surface area (Å²) in [6, 6.07) is 6.27. The highest BCUT2D eigenvalue weighted by molar-refractivity contribution is 5.89. The van der Waals surface area contributed by atoms with Gasteiger partial charge in [0.15, 0.2) is 0 Å². The summed E-state index contributed by atoms with van der Waals surface area (Å²) in [5.41, 5.74) is 0.538. The van der Waals surface area contributed by atoms with Crippen LogP contribution in [0.4, 0.5) is 10.5 Å². The van der Waals surface area contributed by atoms with E-state index in [0.717, 1.165) is 13.0 Å². The molecular weight excluding hydrogens is 298 g/mol. The molecule has 7 heteroatoms. The molecule has 0 bridgehead atoms. The van der Waals surface area contributed by atoms with Crippen molar-refractivity contribution in [2.45, 2.75) is 26.2 Å². The average Bonchev–Trinajstić information content (AvgIpc) is 2.89. The number of ether oxygens (including phenoxy) is 1. The highest BCUT2D eigenvalue weighted by Crippen LogP contribution is 2.17. The summed E-state index contributed by atoms with van der Waals surface area (Å²) in [4.78, 5) is 36.0. The van der Waals surface area contributed by atoms with Gasteiger partial charge < -0.3 is 20.3 Å². The molecule has 0 aromatic heterocycles. The van der Waals surface area contributed by atoms with Gasteiger partial charge >= 0.3 is 12.0 Å². The number of hydrogen-bond acceptors (Lipinski definition) is 4. The van der Waals surface area contributed by atoms with Crippen molar-refractivity contribution in [3.8, 4) is 5.75 Å². The van der Waals surface area contributed by atoms with Gasteiger partial charge in [-0.05, 0) is 25.0 Å². The molecule has 0 spiro atoms. The van der Waals surface area contributed by atoms with Crippen molar-refractivity contribution in [1.29, 1.82) is 0 Å². The second-order valence-corrected chi connectivity index (χ2v) is 5.34. The molecule has 1 aliphatic heterocycles. The molecule has 2 N–H and O–H groups in total. The molecule has 23 heavy (non-hydrogen) atoms. The zero-order valence-electron chi connectivity index (χ0n) is 13.1. The fourth-order valence-corrected chi connectivity index (χ4v) is 2.39. The number of anilines is 1. The summed E-state index contributed by atoms with van der Waals surface area (Å²) in [7, 11) is 0. The second-order valence-electron chi connectivity index (χ2n) is 5.34. The van der Waals surface area contributed by atoms with Gasteiger partial charge in [-0.15, -0.1) is 0 Å². The maximum absolute atomic E-state index is 11.8. The van der Waals surface area contributed by atoms with Crippen molar-refractivity contribution < 1.29 is 19.1 Å². The number of urea groups is 1. The predicted octanol–water partition coefficient (Wildman–Crippen LogP) is 1.75. The van der Waals surface area contributed by atoms with Gasteiger partial charge in [0.2, 0.25) is 5.91 Å². The highest BCUT2D eigenvalue weighted by Gasteiger charge is 2.18. The number of nitrogens with one attached hydrogen (secondary N) is 2. The number of hydrogen-bond donors (Lipinski definition) is 2. The van der Waals surface area contributed by atoms with Crippen LogP contribution in [-0.4, -0.2) is 42.4 Å². The zero-order chi connectivity index (χ0) is 16.7. The van der Waals surface area contributed by atoms with Crippen molar-refractivity contribution in [2.24, 2.45) is 0 Å². The van der Waals surface area contributed by atoms with Gasteiger partial charge in [0.1, 0.15) is 5.75 Å². The lowest BCUT2D eigenvalue weighted by Gasteiger charge is -2.15. The number of benzene rings is 1. The highest BCUT2D eigenvalue weighted by atomic mass is 16.5. The molecule has 0 atom stereocenters. The van der Waals surface area contributed by atoms with Crippen LogP contribution in [0.1, 0.15) is 26.2 Å². The van der Waals surface area contributed by atoms with E-state index in [4.69, 9.17) is 4.74 Å². The van der Waals surface area contributed by atoms with Crippen molar-refractivity contribution in [2.75, 3.05) is 25.0 Å². The van der Waals surface area contributed by atoms with E-state index in [-0.39, 0.29) is 11.9 Å². The second kappa shape index (κ2) is 8.17. The SMILES string of the molecule is CC(=O)Oc1cccc(NC(=O)NCCCN2CCCC2=O)c1. The van der Waals surface area contributed by atoms with Gasteiger partial charge in [-0.2, -0.15) is 0 Å². The first-order chi connectivity index (χ1) is 11.0. The number of likely N-dealkylation sites (tertiary alicyclic amines) is 1. The maximum Gasteiger partial charge on any atom is 0.319 e. The molecule has 0 radical (unpaired) electrons. The summed E-state index contributed by atoms with van der Waals surface area (Å²) in [5, 5.41) is 5.41. The van der Waals surface area contributed by atoms with Crippen LogP contribution in [0.5, 0.6) is 5.75 Å². The van der Waals surface area contributed by atoms with Crippen molar-refractivity contribution in [1.82, 2.24) is 10.2 Å². The van der Waals surface area contributed by atoms with Crippen molar-refractivity contribution >= 4 is 23.6 Å². The fourth-order valence-electron chi connectivity index (χ4n) is 2.39. The normalized spacial score (nSPS) is 13.8. The van der Waals surface area contributed by atoms with Gasteiger partial charge in [0.05, 0.1) is 0 Å². The van der Waals surface area contributed by atoms with E-state index in [1.807, 2.05) is 4.90 Å². The van der Waals surface area contributed by atoms with Gasteiger partial charge in [-0.3, -0.25) is 9.59 Å². The number of rotatable bonds is 6. The average molecular weight is 319 g/mol. The predicted molar refractivity (Wildman–Crippen MR) is 85.2 cm³/mol. The molecule has 1 aromatic carbocycles. The molecule has 3 amide bonds. The molecule has 124 valence electrons. The number of esters is 1. The van der Waals surface area contributed by atoms with E-state index in [0.29, 0.717) is 37.4 Å². The summed E-state index contributed by atoms with van der Waals surface area (Å²) in [6.07, 6.45) is 2.27. The van der Waals surface area contributed by atoms with Crippen molar-refractivity contribution in [3.05, 3.63) is 24.3 Å². The lowest BCUT2D eigenvalue weighted by Crippen LogP contribution is -2.33. The molecule has 0 saturated carbocycles. The Kier molecular flexibility index (Phi) is 5.96. The summed E-state index contributed by atoms with van der Waals surface area (Å²) < 4.78 is 4.95. The number of carbonyl (C=O) groups excluding carboxylic acids is 3. The quantitative estimate of drug-likeness (QED) is 0.475. The molecule has 2 rings (SSSR count). The monoisotopic (exact) mass is 319 g/mol.